The molecule has 3 aliphatic rings. The van der Waals surface area contributed by atoms with Crippen LogP contribution in [0.15, 0.2) is 79.0 Å². The maximum absolute atomic E-state index is 14.0. The molecule has 0 bridgehead atoms. The van der Waals surface area contributed by atoms with Crippen LogP contribution in [0.25, 0.3) is 10.9 Å². The van der Waals surface area contributed by atoms with Crippen molar-refractivity contribution in [3.8, 4) is 0 Å². The van der Waals surface area contributed by atoms with Gasteiger partial charge in [0.2, 0.25) is 17.7 Å². The normalized spacial score (nSPS) is 26.6. The number of halogens is 1. The van der Waals surface area contributed by atoms with E-state index in [0.717, 1.165) is 16.5 Å². The van der Waals surface area contributed by atoms with Crippen LogP contribution >= 0.6 is 11.6 Å². The first-order valence-electron chi connectivity index (χ1n) is 11.9. The van der Waals surface area contributed by atoms with Crippen molar-refractivity contribution in [2.24, 2.45) is 11.8 Å². The van der Waals surface area contributed by atoms with Crippen LogP contribution in [-0.4, -0.2) is 28.7 Å². The van der Waals surface area contributed by atoms with E-state index in [9.17, 15) is 14.4 Å². The molecule has 7 nitrogen and oxygen atoms in total. The van der Waals surface area contributed by atoms with E-state index in [0.29, 0.717) is 28.4 Å². The number of anilines is 2. The number of para-hydroxylation sites is 3. The molecule has 2 fully saturated rings. The lowest BCUT2D eigenvalue weighted by Crippen LogP contribution is -2.53. The zero-order valence-corrected chi connectivity index (χ0v) is 19.8. The highest BCUT2D eigenvalue weighted by atomic mass is 35.5. The van der Waals surface area contributed by atoms with Gasteiger partial charge in [0.1, 0.15) is 5.54 Å². The predicted molar refractivity (Wildman–Crippen MR) is 137 cm³/mol. The number of hydrogen-bond donors (Lipinski definition) is 3. The summed E-state index contributed by atoms with van der Waals surface area (Å²) in [5.74, 6) is -2.66. The summed E-state index contributed by atoms with van der Waals surface area (Å²) in [5, 5.41) is 7.82. The van der Waals surface area contributed by atoms with Crippen molar-refractivity contribution >= 4 is 51.6 Å². The molecule has 0 radical (unpaired) electrons. The molecule has 3 aliphatic heterocycles. The van der Waals surface area contributed by atoms with Crippen LogP contribution < -0.4 is 15.5 Å². The standard InChI is InChI=1S/C28H21ClN4O3/c29-19-11-6-10-18-24(19)31-27(36)28(18)23-22(25(34)33(26(23)35)16-7-2-1-3-8-16)21(32-28)13-15-14-30-20-12-5-4-9-17(15)20/h1-12,14,21-23,30,32H,13H2,(H,31,36)/t21-,22-,23+,28+/m1/s1. The fourth-order valence-electron chi connectivity index (χ4n) is 6.34. The van der Waals surface area contributed by atoms with Gasteiger partial charge in [-0.3, -0.25) is 19.7 Å². The van der Waals surface area contributed by atoms with Gasteiger partial charge in [-0.1, -0.05) is 60.1 Å². The number of carbonyl (C=O) groups is 3. The summed E-state index contributed by atoms with van der Waals surface area (Å²) < 4.78 is 0. The Kier molecular flexibility index (Phi) is 4.46. The Hall–Kier alpha value is -3.94. The van der Waals surface area contributed by atoms with E-state index in [1.165, 1.54) is 4.90 Å². The lowest BCUT2D eigenvalue weighted by molar-refractivity contribution is -0.130. The summed E-state index contributed by atoms with van der Waals surface area (Å²) in [6.45, 7) is 0. The number of benzene rings is 3. The molecule has 8 heteroatoms. The van der Waals surface area contributed by atoms with Gasteiger partial charge in [-0.05, 0) is 36.2 Å². The summed E-state index contributed by atoms with van der Waals surface area (Å²) in [4.78, 5) is 46.1. The summed E-state index contributed by atoms with van der Waals surface area (Å²) in [7, 11) is 0. The minimum atomic E-state index is -1.39. The van der Waals surface area contributed by atoms with Gasteiger partial charge in [-0.25, -0.2) is 4.90 Å². The number of carbonyl (C=O) groups excluding carboxylic acids is 3. The van der Waals surface area contributed by atoms with E-state index in [-0.39, 0.29) is 17.7 Å². The van der Waals surface area contributed by atoms with Crippen LogP contribution in [0.5, 0.6) is 0 Å². The van der Waals surface area contributed by atoms with Crippen molar-refractivity contribution < 1.29 is 14.4 Å². The number of imide groups is 1. The fourth-order valence-corrected chi connectivity index (χ4v) is 6.56. The first-order chi connectivity index (χ1) is 17.5. The molecule has 178 valence electrons. The molecular formula is C28H21ClN4O3. The summed E-state index contributed by atoms with van der Waals surface area (Å²) in [6, 6.07) is 21.7. The first kappa shape index (κ1) is 21.4. The zero-order valence-electron chi connectivity index (χ0n) is 19.0. The summed E-state index contributed by atoms with van der Waals surface area (Å²) in [6.07, 6.45) is 2.40. The van der Waals surface area contributed by atoms with E-state index in [2.05, 4.69) is 15.6 Å². The Morgan fingerprint density at radius 1 is 0.889 bits per heavy atom. The number of nitrogens with zero attached hydrogens (tertiary/aromatic N) is 1. The third-order valence-corrected chi connectivity index (χ3v) is 8.14. The van der Waals surface area contributed by atoms with Crippen LogP contribution in [0, 0.1) is 11.8 Å². The molecule has 1 aromatic heterocycles. The third kappa shape index (κ3) is 2.69. The van der Waals surface area contributed by atoms with Gasteiger partial charge >= 0.3 is 0 Å². The molecular weight excluding hydrogens is 476 g/mol. The van der Waals surface area contributed by atoms with Crippen molar-refractivity contribution in [2.75, 3.05) is 10.2 Å². The van der Waals surface area contributed by atoms with Crippen molar-refractivity contribution in [3.05, 3.63) is 95.1 Å². The van der Waals surface area contributed by atoms with E-state index < -0.39 is 23.4 Å². The van der Waals surface area contributed by atoms with Gasteiger partial charge in [0.25, 0.3) is 0 Å². The molecule has 4 atom stereocenters. The van der Waals surface area contributed by atoms with Crippen molar-refractivity contribution in [2.45, 2.75) is 18.0 Å². The fraction of sp³-hybridized carbons (Fsp3) is 0.179. The molecule has 0 saturated carbocycles. The van der Waals surface area contributed by atoms with Crippen molar-refractivity contribution in [3.63, 3.8) is 0 Å². The lowest BCUT2D eigenvalue weighted by Gasteiger charge is -2.29. The highest BCUT2D eigenvalue weighted by Gasteiger charge is 2.70. The van der Waals surface area contributed by atoms with Gasteiger partial charge in [-0.15, -0.1) is 0 Å². The summed E-state index contributed by atoms with van der Waals surface area (Å²) >= 11 is 6.44. The molecule has 3 N–H and O–H groups in total. The van der Waals surface area contributed by atoms with E-state index in [1.807, 2.05) is 36.5 Å². The smallest absolute Gasteiger partial charge is 0.250 e. The minimum absolute atomic E-state index is 0.298. The largest absolute Gasteiger partial charge is 0.361 e. The predicted octanol–water partition coefficient (Wildman–Crippen LogP) is 3.99. The Balaban J connectivity index is 1.39. The molecule has 7 rings (SSSR count). The molecule has 0 unspecified atom stereocenters. The molecule has 4 heterocycles. The number of hydrogen-bond acceptors (Lipinski definition) is 4. The third-order valence-electron chi connectivity index (χ3n) is 7.83. The van der Waals surface area contributed by atoms with Gasteiger partial charge in [0, 0.05) is 28.7 Å². The maximum atomic E-state index is 14.0. The Morgan fingerprint density at radius 2 is 1.67 bits per heavy atom. The molecule has 2 saturated heterocycles. The van der Waals surface area contributed by atoms with Crippen molar-refractivity contribution in [1.82, 2.24) is 10.3 Å². The van der Waals surface area contributed by atoms with Crippen molar-refractivity contribution in [1.29, 1.82) is 0 Å². The van der Waals surface area contributed by atoms with Crippen LogP contribution in [0.4, 0.5) is 11.4 Å². The zero-order chi connectivity index (χ0) is 24.6. The van der Waals surface area contributed by atoms with Crippen LogP contribution in [0.2, 0.25) is 5.02 Å². The van der Waals surface area contributed by atoms with Crippen LogP contribution in [-0.2, 0) is 26.3 Å². The quantitative estimate of drug-likeness (QED) is 0.374. The number of fused-ring (bicyclic) bond motifs is 5. The Morgan fingerprint density at radius 3 is 2.50 bits per heavy atom. The second kappa shape index (κ2) is 7.53. The SMILES string of the molecule is O=C1[C@H]2[C@@H](C(=O)N1c1ccccc1)[C@]1(N[C@@H]2Cc2c[nH]c3ccccc23)C(=O)Nc2c(Cl)cccc21. The number of aromatic nitrogens is 1. The van der Waals surface area contributed by atoms with Crippen LogP contribution in [0.1, 0.15) is 11.1 Å². The Labute approximate surface area is 211 Å². The maximum Gasteiger partial charge on any atom is 0.250 e. The van der Waals surface area contributed by atoms with Gasteiger partial charge in [0.05, 0.1) is 28.2 Å². The second-order valence-electron chi connectivity index (χ2n) is 9.59. The average Bonchev–Trinajstić information content (AvgIpc) is 3.60. The molecule has 4 aromatic rings. The second-order valence-corrected chi connectivity index (χ2v) is 10.00. The van der Waals surface area contributed by atoms with E-state index >= 15 is 0 Å². The highest BCUT2D eigenvalue weighted by molar-refractivity contribution is 6.35. The molecule has 1 spiro atoms. The van der Waals surface area contributed by atoms with Gasteiger partial charge in [-0.2, -0.15) is 0 Å². The van der Waals surface area contributed by atoms with Gasteiger partial charge in [0.15, 0.2) is 0 Å². The number of aromatic amines is 1. The summed E-state index contributed by atoms with van der Waals surface area (Å²) in [5.41, 5.74) is 2.22. The van der Waals surface area contributed by atoms with Crippen LogP contribution in [0.3, 0.4) is 0 Å². The molecule has 0 aliphatic carbocycles. The first-order valence-corrected chi connectivity index (χ1v) is 12.2. The molecule has 36 heavy (non-hydrogen) atoms. The van der Waals surface area contributed by atoms with E-state index in [4.69, 9.17) is 11.6 Å². The molecule has 3 aromatic carbocycles. The Bertz CT molecular complexity index is 1580. The lowest BCUT2D eigenvalue weighted by atomic mass is 9.76. The highest BCUT2D eigenvalue weighted by Crippen LogP contribution is 2.55. The monoisotopic (exact) mass is 496 g/mol. The number of amides is 3. The average molecular weight is 497 g/mol. The number of rotatable bonds is 3. The number of H-pyrrole nitrogens is 1. The number of nitrogens with one attached hydrogen (secondary N) is 3. The molecule has 3 amide bonds. The van der Waals surface area contributed by atoms with Gasteiger partial charge < -0.3 is 10.3 Å². The van der Waals surface area contributed by atoms with E-state index in [1.54, 1.807) is 42.5 Å². The topological polar surface area (TPSA) is 94.3 Å². The minimum Gasteiger partial charge on any atom is -0.361 e.